The lowest BCUT2D eigenvalue weighted by molar-refractivity contribution is -0.384. The molecule has 0 radical (unpaired) electrons. The summed E-state index contributed by atoms with van der Waals surface area (Å²) in [4.78, 5) is 24.3. The van der Waals surface area contributed by atoms with Gasteiger partial charge < -0.3 is 10.2 Å². The van der Waals surface area contributed by atoms with Crippen LogP contribution < -0.4 is 10.2 Å². The van der Waals surface area contributed by atoms with Crippen LogP contribution in [0.3, 0.4) is 0 Å². The van der Waals surface area contributed by atoms with E-state index < -0.39 is 16.6 Å². The molecule has 7 heteroatoms. The maximum absolute atomic E-state index is 13.6. The number of rotatable bonds is 4. The van der Waals surface area contributed by atoms with Gasteiger partial charge >= 0.3 is 0 Å². The van der Waals surface area contributed by atoms with Crippen LogP contribution in [0.5, 0.6) is 0 Å². The van der Waals surface area contributed by atoms with Gasteiger partial charge in [0.05, 0.1) is 16.2 Å². The van der Waals surface area contributed by atoms with Gasteiger partial charge in [-0.3, -0.25) is 14.9 Å². The molecule has 22 heavy (non-hydrogen) atoms. The zero-order valence-corrected chi connectivity index (χ0v) is 12.0. The molecule has 2 rings (SSSR count). The highest BCUT2D eigenvalue weighted by Crippen LogP contribution is 2.25. The van der Waals surface area contributed by atoms with Crippen LogP contribution in [0.25, 0.3) is 0 Å². The molecule has 2 aromatic carbocycles. The maximum Gasteiger partial charge on any atom is 0.270 e. The Bertz CT molecular complexity index is 732. The summed E-state index contributed by atoms with van der Waals surface area (Å²) in [6.45, 7) is 0. The van der Waals surface area contributed by atoms with Crippen LogP contribution in [0.2, 0.25) is 0 Å². The van der Waals surface area contributed by atoms with E-state index in [4.69, 9.17) is 0 Å². The highest BCUT2D eigenvalue weighted by molar-refractivity contribution is 6.08. The first kappa shape index (κ1) is 15.4. The van der Waals surface area contributed by atoms with E-state index in [9.17, 15) is 19.3 Å². The zero-order valence-electron chi connectivity index (χ0n) is 12.0. The fourth-order valence-corrected chi connectivity index (χ4v) is 1.96. The van der Waals surface area contributed by atoms with Gasteiger partial charge in [0.1, 0.15) is 5.82 Å². The fourth-order valence-electron chi connectivity index (χ4n) is 1.96. The number of nitrogens with one attached hydrogen (secondary N) is 1. The van der Waals surface area contributed by atoms with Gasteiger partial charge in [-0.05, 0) is 18.2 Å². The predicted octanol–water partition coefficient (Wildman–Crippen LogP) is 3.05. The molecular weight excluding hydrogens is 289 g/mol. The molecule has 0 aliphatic heterocycles. The molecule has 6 nitrogen and oxygen atoms in total. The molecule has 0 aromatic heterocycles. The van der Waals surface area contributed by atoms with Crippen LogP contribution in [0.4, 0.5) is 21.5 Å². The second-order valence-electron chi connectivity index (χ2n) is 4.79. The number of halogens is 1. The third-order valence-corrected chi connectivity index (χ3v) is 3.04. The number of hydrogen-bond acceptors (Lipinski definition) is 4. The molecule has 0 atom stereocenters. The second kappa shape index (κ2) is 6.21. The van der Waals surface area contributed by atoms with E-state index in [2.05, 4.69) is 5.32 Å². The van der Waals surface area contributed by atoms with E-state index >= 15 is 0 Å². The fraction of sp³-hybridized carbons (Fsp3) is 0.133. The van der Waals surface area contributed by atoms with Gasteiger partial charge in [0.2, 0.25) is 0 Å². The average Bonchev–Trinajstić information content (AvgIpc) is 2.48. The number of hydrogen-bond donors (Lipinski definition) is 1. The van der Waals surface area contributed by atoms with Gasteiger partial charge in [0, 0.05) is 31.9 Å². The number of nitro benzene ring substituents is 1. The Morgan fingerprint density at radius 2 is 1.91 bits per heavy atom. The van der Waals surface area contributed by atoms with Crippen molar-refractivity contribution in [3.8, 4) is 0 Å². The summed E-state index contributed by atoms with van der Waals surface area (Å²) >= 11 is 0. The van der Waals surface area contributed by atoms with Gasteiger partial charge in [-0.1, -0.05) is 12.1 Å². The minimum Gasteiger partial charge on any atom is -0.377 e. The van der Waals surface area contributed by atoms with Crippen LogP contribution in [0.15, 0.2) is 42.5 Å². The Morgan fingerprint density at radius 1 is 1.23 bits per heavy atom. The van der Waals surface area contributed by atoms with Crippen molar-refractivity contribution in [1.82, 2.24) is 0 Å². The summed E-state index contributed by atoms with van der Waals surface area (Å²) in [5.41, 5.74) is 0.412. The summed E-state index contributed by atoms with van der Waals surface area (Å²) in [6.07, 6.45) is 0. The summed E-state index contributed by atoms with van der Waals surface area (Å²) in [5.74, 6) is -1.19. The van der Waals surface area contributed by atoms with Crippen molar-refractivity contribution in [3.05, 3.63) is 64.0 Å². The number of benzene rings is 2. The van der Waals surface area contributed by atoms with Crippen molar-refractivity contribution in [2.75, 3.05) is 24.3 Å². The molecular formula is C15H14FN3O3. The third kappa shape index (κ3) is 3.20. The highest BCUT2D eigenvalue weighted by atomic mass is 19.1. The normalized spacial score (nSPS) is 10.1. The first-order chi connectivity index (χ1) is 10.4. The molecule has 1 amide bonds. The van der Waals surface area contributed by atoms with Crippen molar-refractivity contribution < 1.29 is 14.1 Å². The molecule has 0 fully saturated rings. The summed E-state index contributed by atoms with van der Waals surface area (Å²) in [7, 11) is 3.42. The average molecular weight is 303 g/mol. The molecule has 0 aliphatic rings. The molecule has 0 spiro atoms. The van der Waals surface area contributed by atoms with Crippen molar-refractivity contribution in [1.29, 1.82) is 0 Å². The van der Waals surface area contributed by atoms with E-state index in [0.717, 1.165) is 0 Å². The monoisotopic (exact) mass is 303 g/mol. The highest BCUT2D eigenvalue weighted by Gasteiger charge is 2.18. The quantitative estimate of drug-likeness (QED) is 0.695. The number of para-hydroxylation sites is 1. The van der Waals surface area contributed by atoms with Crippen molar-refractivity contribution in [2.24, 2.45) is 0 Å². The van der Waals surface area contributed by atoms with Crippen molar-refractivity contribution in [3.63, 3.8) is 0 Å². The van der Waals surface area contributed by atoms with Crippen LogP contribution in [0, 0.1) is 15.9 Å². The minimum absolute atomic E-state index is 0.0173. The largest absolute Gasteiger partial charge is 0.377 e. The lowest BCUT2D eigenvalue weighted by Crippen LogP contribution is -2.19. The Labute approximate surface area is 126 Å². The van der Waals surface area contributed by atoms with E-state index in [1.165, 1.54) is 36.4 Å². The molecule has 1 N–H and O–H groups in total. The van der Waals surface area contributed by atoms with Crippen LogP contribution in [-0.4, -0.2) is 24.9 Å². The van der Waals surface area contributed by atoms with E-state index in [-0.39, 0.29) is 16.9 Å². The van der Waals surface area contributed by atoms with Crippen LogP contribution in [0.1, 0.15) is 10.4 Å². The van der Waals surface area contributed by atoms with Gasteiger partial charge in [-0.15, -0.1) is 0 Å². The first-order valence-electron chi connectivity index (χ1n) is 6.42. The Kier molecular flexibility index (Phi) is 4.36. The molecule has 0 bridgehead atoms. The Hall–Kier alpha value is -2.96. The Morgan fingerprint density at radius 3 is 2.50 bits per heavy atom. The number of non-ortho nitro benzene ring substituents is 1. The van der Waals surface area contributed by atoms with Gasteiger partial charge in [-0.2, -0.15) is 0 Å². The smallest absolute Gasteiger partial charge is 0.270 e. The van der Waals surface area contributed by atoms with E-state index in [0.29, 0.717) is 5.69 Å². The van der Waals surface area contributed by atoms with Crippen molar-refractivity contribution >= 4 is 23.0 Å². The van der Waals surface area contributed by atoms with E-state index in [1.807, 2.05) is 0 Å². The molecule has 0 heterocycles. The number of amides is 1. The summed E-state index contributed by atoms with van der Waals surface area (Å²) in [5, 5.41) is 13.3. The van der Waals surface area contributed by atoms with Crippen LogP contribution >= 0.6 is 0 Å². The van der Waals surface area contributed by atoms with Gasteiger partial charge in [-0.25, -0.2) is 4.39 Å². The third-order valence-electron chi connectivity index (χ3n) is 3.04. The minimum atomic E-state index is -0.613. The molecule has 0 unspecified atom stereocenters. The first-order valence-corrected chi connectivity index (χ1v) is 6.42. The standard InChI is InChI=1S/C15H14FN3O3/c1-18(2)14-8-7-10(19(21)22)9-11(14)15(20)17-13-6-4-3-5-12(13)16/h3-9H,1-2H3,(H,17,20). The molecule has 0 saturated carbocycles. The number of nitro groups is 1. The van der Waals surface area contributed by atoms with Crippen molar-refractivity contribution in [2.45, 2.75) is 0 Å². The number of nitrogens with zero attached hydrogens (tertiary/aromatic N) is 2. The lowest BCUT2D eigenvalue weighted by Gasteiger charge is -2.17. The zero-order chi connectivity index (χ0) is 16.3. The second-order valence-corrected chi connectivity index (χ2v) is 4.79. The molecule has 2 aromatic rings. The predicted molar refractivity (Wildman–Crippen MR) is 81.8 cm³/mol. The summed E-state index contributed by atoms with van der Waals surface area (Å²) < 4.78 is 13.6. The van der Waals surface area contributed by atoms with E-state index in [1.54, 1.807) is 25.1 Å². The van der Waals surface area contributed by atoms with Gasteiger partial charge in [0.25, 0.3) is 11.6 Å². The molecule has 0 saturated heterocycles. The number of anilines is 2. The number of carbonyl (C=O) groups is 1. The van der Waals surface area contributed by atoms with Crippen LogP contribution in [-0.2, 0) is 0 Å². The lowest BCUT2D eigenvalue weighted by atomic mass is 10.1. The summed E-state index contributed by atoms with van der Waals surface area (Å²) in [6, 6.07) is 9.69. The Balaban J connectivity index is 2.41. The topological polar surface area (TPSA) is 75.5 Å². The SMILES string of the molecule is CN(C)c1ccc([N+](=O)[O-])cc1C(=O)Nc1ccccc1F. The molecule has 0 aliphatic carbocycles. The maximum atomic E-state index is 13.6. The number of carbonyl (C=O) groups excluding carboxylic acids is 1. The molecule has 114 valence electrons. The van der Waals surface area contributed by atoms with Gasteiger partial charge in [0.15, 0.2) is 0 Å².